The van der Waals surface area contributed by atoms with Crippen molar-refractivity contribution in [2.24, 2.45) is 5.41 Å². The number of carbonyl (C=O) groups excluding carboxylic acids is 2. The van der Waals surface area contributed by atoms with E-state index in [4.69, 9.17) is 5.11 Å². The molecule has 1 aromatic rings. The normalized spacial score (nSPS) is 23.6. The third-order valence-corrected chi connectivity index (χ3v) is 7.55. The quantitative estimate of drug-likeness (QED) is 0.576. The molecule has 1 spiro atoms. The van der Waals surface area contributed by atoms with Crippen LogP contribution in [-0.2, 0) is 9.59 Å². The molecule has 2 atom stereocenters. The van der Waals surface area contributed by atoms with Gasteiger partial charge in [0.1, 0.15) is 11.9 Å². The number of piperazine rings is 1. The number of benzene rings is 1. The fourth-order valence-electron chi connectivity index (χ4n) is 5.46. The van der Waals surface area contributed by atoms with E-state index >= 15 is 0 Å². The van der Waals surface area contributed by atoms with Gasteiger partial charge < -0.3 is 25.5 Å². The highest BCUT2D eigenvalue weighted by Crippen LogP contribution is 2.41. The van der Waals surface area contributed by atoms with Gasteiger partial charge in [0.25, 0.3) is 0 Å². The molecule has 0 aromatic heterocycles. The highest BCUT2D eigenvalue weighted by atomic mass is 19.1. The molecular weight excluding hydrogens is 441 g/mol. The van der Waals surface area contributed by atoms with Gasteiger partial charge in [0.2, 0.25) is 11.8 Å². The molecule has 0 aliphatic carbocycles. The number of anilines is 1. The Hall–Kier alpha value is -2.88. The monoisotopic (exact) mass is 475 g/mol. The molecule has 4 rings (SSSR count). The maximum atomic E-state index is 13.2. The van der Waals surface area contributed by atoms with Crippen LogP contribution >= 0.6 is 0 Å². The van der Waals surface area contributed by atoms with Crippen LogP contribution in [-0.4, -0.2) is 90.7 Å². The molecule has 3 aliphatic heterocycles. The van der Waals surface area contributed by atoms with Crippen LogP contribution in [0.1, 0.15) is 32.6 Å². The minimum absolute atomic E-state index is 0.0856. The second-order valence-electron chi connectivity index (χ2n) is 9.75. The van der Waals surface area contributed by atoms with Gasteiger partial charge >= 0.3 is 6.09 Å². The Morgan fingerprint density at radius 2 is 1.79 bits per heavy atom. The van der Waals surface area contributed by atoms with Gasteiger partial charge in [0.15, 0.2) is 0 Å². The van der Waals surface area contributed by atoms with Crippen LogP contribution < -0.4 is 15.5 Å². The fourth-order valence-corrected chi connectivity index (χ4v) is 5.46. The standard InChI is InChI=1S/C24H34FN5O4/c1-17(26-23(33)34)21(31)30-10-7-24(8-11-30)16-19(27-22(24)32)6-9-28-12-14-29(15-13-28)20-4-2-18(25)3-5-20/h2-5,17,19,26H,6-16H2,1H3,(H,27,32)(H,33,34). The van der Waals surface area contributed by atoms with Crippen molar-refractivity contribution < 1.29 is 23.9 Å². The maximum Gasteiger partial charge on any atom is 0.405 e. The Labute approximate surface area is 199 Å². The molecule has 3 amide bonds. The number of carbonyl (C=O) groups is 3. The van der Waals surface area contributed by atoms with E-state index in [1.54, 1.807) is 11.8 Å². The van der Waals surface area contributed by atoms with Gasteiger partial charge in [-0.25, -0.2) is 9.18 Å². The lowest BCUT2D eigenvalue weighted by atomic mass is 9.75. The molecule has 9 nitrogen and oxygen atoms in total. The highest BCUT2D eigenvalue weighted by molar-refractivity contribution is 5.87. The van der Waals surface area contributed by atoms with Crippen LogP contribution in [0.4, 0.5) is 14.9 Å². The van der Waals surface area contributed by atoms with Crippen molar-refractivity contribution in [1.82, 2.24) is 20.4 Å². The predicted molar refractivity (Wildman–Crippen MR) is 125 cm³/mol. The Kier molecular flexibility index (Phi) is 7.25. The summed E-state index contributed by atoms with van der Waals surface area (Å²) >= 11 is 0. The number of rotatable bonds is 6. The predicted octanol–water partition coefficient (Wildman–Crippen LogP) is 1.49. The number of piperidine rings is 1. The van der Waals surface area contributed by atoms with Gasteiger partial charge in [-0.1, -0.05) is 0 Å². The molecule has 34 heavy (non-hydrogen) atoms. The Bertz CT molecular complexity index is 895. The lowest BCUT2D eigenvalue weighted by Gasteiger charge is -2.38. The van der Waals surface area contributed by atoms with Crippen LogP contribution in [0, 0.1) is 11.2 Å². The molecule has 1 aromatic carbocycles. The number of likely N-dealkylation sites (tertiary alicyclic amines) is 1. The van der Waals surface area contributed by atoms with Gasteiger partial charge in [-0.15, -0.1) is 0 Å². The third-order valence-electron chi connectivity index (χ3n) is 7.55. The first kappa shape index (κ1) is 24.3. The van der Waals surface area contributed by atoms with Crippen molar-refractivity contribution in [3.8, 4) is 0 Å². The first-order valence-electron chi connectivity index (χ1n) is 12.1. The van der Waals surface area contributed by atoms with Gasteiger partial charge in [-0.05, 0) is 56.9 Å². The number of nitrogens with one attached hydrogen (secondary N) is 2. The largest absolute Gasteiger partial charge is 0.465 e. The van der Waals surface area contributed by atoms with Crippen molar-refractivity contribution >= 4 is 23.6 Å². The Morgan fingerprint density at radius 3 is 2.41 bits per heavy atom. The van der Waals surface area contributed by atoms with E-state index < -0.39 is 17.6 Å². The van der Waals surface area contributed by atoms with E-state index in [0.717, 1.165) is 51.3 Å². The zero-order valence-corrected chi connectivity index (χ0v) is 19.6. The topological polar surface area (TPSA) is 105 Å². The van der Waals surface area contributed by atoms with Crippen molar-refractivity contribution in [2.45, 2.75) is 44.7 Å². The molecule has 3 saturated heterocycles. The minimum Gasteiger partial charge on any atom is -0.465 e. The summed E-state index contributed by atoms with van der Waals surface area (Å²) < 4.78 is 13.2. The summed E-state index contributed by atoms with van der Waals surface area (Å²) in [7, 11) is 0. The van der Waals surface area contributed by atoms with Crippen molar-refractivity contribution in [3.05, 3.63) is 30.1 Å². The van der Waals surface area contributed by atoms with Crippen LogP contribution in [0.2, 0.25) is 0 Å². The van der Waals surface area contributed by atoms with Crippen LogP contribution in [0.15, 0.2) is 24.3 Å². The van der Waals surface area contributed by atoms with E-state index in [0.29, 0.717) is 25.9 Å². The summed E-state index contributed by atoms with van der Waals surface area (Å²) in [6, 6.07) is 5.97. The van der Waals surface area contributed by atoms with E-state index in [1.165, 1.54) is 12.1 Å². The summed E-state index contributed by atoms with van der Waals surface area (Å²) in [5.41, 5.74) is 0.621. The van der Waals surface area contributed by atoms with E-state index in [-0.39, 0.29) is 23.7 Å². The maximum absolute atomic E-state index is 13.2. The number of carboxylic acid groups (broad SMARTS) is 1. The van der Waals surface area contributed by atoms with Crippen molar-refractivity contribution in [1.29, 1.82) is 0 Å². The van der Waals surface area contributed by atoms with E-state index in [1.807, 2.05) is 12.1 Å². The first-order chi connectivity index (χ1) is 16.3. The van der Waals surface area contributed by atoms with Crippen LogP contribution in [0.3, 0.4) is 0 Å². The lowest BCUT2D eigenvalue weighted by Crippen LogP contribution is -2.52. The van der Waals surface area contributed by atoms with Gasteiger partial charge in [-0.3, -0.25) is 14.5 Å². The van der Waals surface area contributed by atoms with Crippen molar-refractivity contribution in [2.75, 3.05) is 50.7 Å². The summed E-state index contributed by atoms with van der Waals surface area (Å²) in [6.45, 7) is 7.05. The Morgan fingerprint density at radius 1 is 1.15 bits per heavy atom. The Balaban J connectivity index is 1.21. The second-order valence-corrected chi connectivity index (χ2v) is 9.75. The van der Waals surface area contributed by atoms with Gasteiger partial charge in [0.05, 0.1) is 5.41 Å². The molecule has 3 aliphatic rings. The molecule has 0 saturated carbocycles. The summed E-state index contributed by atoms with van der Waals surface area (Å²) in [4.78, 5) is 42.4. The van der Waals surface area contributed by atoms with Gasteiger partial charge in [0, 0.05) is 57.5 Å². The summed E-state index contributed by atoms with van der Waals surface area (Å²) in [5, 5.41) is 14.2. The van der Waals surface area contributed by atoms with Crippen molar-refractivity contribution in [3.63, 3.8) is 0 Å². The second kappa shape index (κ2) is 10.2. The van der Waals surface area contributed by atoms with E-state index in [9.17, 15) is 18.8 Å². The smallest absolute Gasteiger partial charge is 0.405 e. The van der Waals surface area contributed by atoms with Crippen LogP contribution in [0.25, 0.3) is 0 Å². The fraction of sp³-hybridized carbons (Fsp3) is 0.625. The number of halogens is 1. The van der Waals surface area contributed by atoms with E-state index in [2.05, 4.69) is 20.4 Å². The molecular formula is C24H34FN5O4. The summed E-state index contributed by atoms with van der Waals surface area (Å²) in [6.07, 6.45) is 1.68. The molecule has 0 bridgehead atoms. The average molecular weight is 476 g/mol. The molecule has 3 fully saturated rings. The SMILES string of the molecule is CC(NC(=O)O)C(=O)N1CCC2(CC1)CC(CCN1CCN(c3ccc(F)cc3)CC1)NC2=O. The molecule has 0 radical (unpaired) electrons. The average Bonchev–Trinajstić information content (AvgIpc) is 3.12. The molecule has 3 heterocycles. The summed E-state index contributed by atoms with van der Waals surface area (Å²) in [5.74, 6) is -0.379. The molecule has 10 heteroatoms. The number of hydrogen-bond donors (Lipinski definition) is 3. The number of amides is 3. The van der Waals surface area contributed by atoms with Crippen LogP contribution in [0.5, 0.6) is 0 Å². The lowest BCUT2D eigenvalue weighted by molar-refractivity contribution is -0.139. The molecule has 186 valence electrons. The highest BCUT2D eigenvalue weighted by Gasteiger charge is 2.48. The zero-order valence-electron chi connectivity index (χ0n) is 19.6. The number of hydrogen-bond acceptors (Lipinski definition) is 5. The number of nitrogens with zero attached hydrogens (tertiary/aromatic N) is 3. The zero-order chi connectivity index (χ0) is 24.3. The van der Waals surface area contributed by atoms with Gasteiger partial charge in [-0.2, -0.15) is 0 Å². The first-order valence-corrected chi connectivity index (χ1v) is 12.1. The molecule has 2 unspecified atom stereocenters. The molecule has 3 N–H and O–H groups in total. The minimum atomic E-state index is -1.22. The third kappa shape index (κ3) is 5.43.